The molecule has 1 aliphatic rings. The minimum Gasteiger partial charge on any atom is -0.387 e. The van der Waals surface area contributed by atoms with Gasteiger partial charge in [0, 0.05) is 12.6 Å². The summed E-state index contributed by atoms with van der Waals surface area (Å²) in [6.45, 7) is 8.38. The Kier molecular flexibility index (Phi) is 5.62. The van der Waals surface area contributed by atoms with E-state index in [0.29, 0.717) is 6.04 Å². The highest BCUT2D eigenvalue weighted by Crippen LogP contribution is 2.26. The first kappa shape index (κ1) is 15.5. The average Bonchev–Trinajstić information content (AvgIpc) is 2.44. The van der Waals surface area contributed by atoms with Gasteiger partial charge in [-0.2, -0.15) is 0 Å². The highest BCUT2D eigenvalue weighted by Gasteiger charge is 2.24. The molecule has 20 heavy (non-hydrogen) atoms. The van der Waals surface area contributed by atoms with Gasteiger partial charge >= 0.3 is 0 Å². The van der Waals surface area contributed by atoms with Crippen molar-refractivity contribution in [2.24, 2.45) is 0 Å². The predicted octanol–water partition coefficient (Wildman–Crippen LogP) is 3.99. The van der Waals surface area contributed by atoms with Gasteiger partial charge in [0.15, 0.2) is 0 Å². The Labute approximate surface area is 123 Å². The molecule has 2 unspecified atom stereocenters. The fraction of sp³-hybridized carbons (Fsp3) is 0.667. The second-order valence-electron chi connectivity index (χ2n) is 6.31. The maximum atomic E-state index is 10.6. The van der Waals surface area contributed by atoms with Crippen LogP contribution in [0.4, 0.5) is 0 Å². The third kappa shape index (κ3) is 3.83. The topological polar surface area (TPSA) is 23.5 Å². The Bertz CT molecular complexity index is 427. The van der Waals surface area contributed by atoms with Crippen molar-refractivity contribution >= 4 is 0 Å². The second-order valence-corrected chi connectivity index (χ2v) is 6.31. The van der Waals surface area contributed by atoms with Crippen LogP contribution in [0.5, 0.6) is 0 Å². The van der Waals surface area contributed by atoms with Crippen molar-refractivity contribution < 1.29 is 5.11 Å². The van der Waals surface area contributed by atoms with Crippen LogP contribution in [0.2, 0.25) is 0 Å². The van der Waals surface area contributed by atoms with Gasteiger partial charge in [-0.15, -0.1) is 0 Å². The standard InChI is InChI=1S/C18H29NO/c1-4-7-16-8-5-6-11-19(16)13-18(20)17-12-14(2)9-10-15(17)3/h9-10,12,16,18,20H,4-8,11,13H2,1-3H3. The lowest BCUT2D eigenvalue weighted by Crippen LogP contribution is -2.41. The summed E-state index contributed by atoms with van der Waals surface area (Å²) in [5, 5.41) is 10.6. The molecule has 1 saturated heterocycles. The first-order valence-electron chi connectivity index (χ1n) is 8.11. The summed E-state index contributed by atoms with van der Waals surface area (Å²) >= 11 is 0. The maximum absolute atomic E-state index is 10.6. The van der Waals surface area contributed by atoms with Crippen LogP contribution >= 0.6 is 0 Å². The lowest BCUT2D eigenvalue weighted by Gasteiger charge is -2.37. The molecule has 2 heteroatoms. The number of likely N-dealkylation sites (tertiary alicyclic amines) is 1. The largest absolute Gasteiger partial charge is 0.387 e. The highest BCUT2D eigenvalue weighted by atomic mass is 16.3. The summed E-state index contributed by atoms with van der Waals surface area (Å²) in [6, 6.07) is 7.05. The molecule has 2 rings (SSSR count). The molecular formula is C18H29NO. The van der Waals surface area contributed by atoms with E-state index in [2.05, 4.69) is 43.9 Å². The van der Waals surface area contributed by atoms with Gasteiger partial charge in [0.25, 0.3) is 0 Å². The molecule has 1 heterocycles. The molecule has 0 aliphatic carbocycles. The number of hydrogen-bond donors (Lipinski definition) is 1. The van der Waals surface area contributed by atoms with Crippen LogP contribution in [0, 0.1) is 13.8 Å². The molecule has 0 spiro atoms. The first-order chi connectivity index (χ1) is 9.61. The molecule has 1 aliphatic heterocycles. The monoisotopic (exact) mass is 275 g/mol. The summed E-state index contributed by atoms with van der Waals surface area (Å²) in [4.78, 5) is 2.51. The Balaban J connectivity index is 2.05. The highest BCUT2D eigenvalue weighted by molar-refractivity contribution is 5.32. The summed E-state index contributed by atoms with van der Waals surface area (Å²) < 4.78 is 0. The third-order valence-electron chi connectivity index (χ3n) is 4.57. The smallest absolute Gasteiger partial charge is 0.0919 e. The number of benzene rings is 1. The number of aliphatic hydroxyl groups excluding tert-OH is 1. The number of aliphatic hydroxyl groups is 1. The van der Waals surface area contributed by atoms with Crippen LogP contribution in [-0.4, -0.2) is 29.1 Å². The zero-order valence-electron chi connectivity index (χ0n) is 13.2. The number of β-amino-alcohol motifs (C(OH)–C–C–N with tert-alkyl or cyclic N) is 1. The molecule has 1 N–H and O–H groups in total. The van der Waals surface area contributed by atoms with Gasteiger partial charge in [0.2, 0.25) is 0 Å². The van der Waals surface area contributed by atoms with Crippen molar-refractivity contribution in [1.29, 1.82) is 0 Å². The molecule has 2 nitrogen and oxygen atoms in total. The second kappa shape index (κ2) is 7.24. The average molecular weight is 275 g/mol. The Hall–Kier alpha value is -0.860. The minimum absolute atomic E-state index is 0.354. The van der Waals surface area contributed by atoms with Crippen molar-refractivity contribution in [2.45, 2.75) is 65.0 Å². The molecule has 0 amide bonds. The molecule has 1 fully saturated rings. The minimum atomic E-state index is -0.354. The predicted molar refractivity (Wildman–Crippen MR) is 85.0 cm³/mol. The SMILES string of the molecule is CCCC1CCCCN1CC(O)c1cc(C)ccc1C. The molecule has 2 atom stereocenters. The maximum Gasteiger partial charge on any atom is 0.0919 e. The molecular weight excluding hydrogens is 246 g/mol. The van der Waals surface area contributed by atoms with E-state index in [1.165, 1.54) is 43.2 Å². The fourth-order valence-corrected chi connectivity index (χ4v) is 3.40. The van der Waals surface area contributed by atoms with Crippen LogP contribution in [0.3, 0.4) is 0 Å². The van der Waals surface area contributed by atoms with Gasteiger partial charge in [-0.05, 0) is 50.8 Å². The van der Waals surface area contributed by atoms with Gasteiger partial charge in [0.05, 0.1) is 6.10 Å². The van der Waals surface area contributed by atoms with Crippen LogP contribution < -0.4 is 0 Å². The van der Waals surface area contributed by atoms with Crippen molar-refractivity contribution in [3.63, 3.8) is 0 Å². The van der Waals surface area contributed by atoms with Crippen LogP contribution in [0.1, 0.15) is 61.8 Å². The molecule has 0 bridgehead atoms. The molecule has 1 aromatic carbocycles. The quantitative estimate of drug-likeness (QED) is 0.878. The van der Waals surface area contributed by atoms with Crippen LogP contribution in [-0.2, 0) is 0 Å². The number of rotatable bonds is 5. The zero-order chi connectivity index (χ0) is 14.5. The molecule has 0 saturated carbocycles. The van der Waals surface area contributed by atoms with Crippen LogP contribution in [0.15, 0.2) is 18.2 Å². The Morgan fingerprint density at radius 3 is 2.85 bits per heavy atom. The Morgan fingerprint density at radius 1 is 1.30 bits per heavy atom. The van der Waals surface area contributed by atoms with E-state index in [9.17, 15) is 5.11 Å². The number of piperidine rings is 1. The van der Waals surface area contributed by atoms with Gasteiger partial charge in [-0.1, -0.05) is 43.5 Å². The van der Waals surface area contributed by atoms with Gasteiger partial charge in [-0.3, -0.25) is 4.90 Å². The lowest BCUT2D eigenvalue weighted by atomic mass is 9.95. The summed E-state index contributed by atoms with van der Waals surface area (Å²) in [7, 11) is 0. The van der Waals surface area contributed by atoms with E-state index in [0.717, 1.165) is 18.7 Å². The normalized spacial score (nSPS) is 21.9. The van der Waals surface area contributed by atoms with E-state index in [4.69, 9.17) is 0 Å². The van der Waals surface area contributed by atoms with E-state index in [1.807, 2.05) is 0 Å². The van der Waals surface area contributed by atoms with Gasteiger partial charge < -0.3 is 5.11 Å². The number of nitrogens with zero attached hydrogens (tertiary/aromatic N) is 1. The fourth-order valence-electron chi connectivity index (χ4n) is 3.40. The van der Waals surface area contributed by atoms with Crippen molar-refractivity contribution in [3.05, 3.63) is 34.9 Å². The summed E-state index contributed by atoms with van der Waals surface area (Å²) in [5.74, 6) is 0. The third-order valence-corrected chi connectivity index (χ3v) is 4.57. The van der Waals surface area contributed by atoms with E-state index in [1.54, 1.807) is 0 Å². The molecule has 0 aromatic heterocycles. The number of aryl methyl sites for hydroxylation is 2. The van der Waals surface area contributed by atoms with Gasteiger partial charge in [-0.25, -0.2) is 0 Å². The van der Waals surface area contributed by atoms with Crippen molar-refractivity contribution in [3.8, 4) is 0 Å². The Morgan fingerprint density at radius 2 is 2.10 bits per heavy atom. The summed E-state index contributed by atoms with van der Waals surface area (Å²) in [5.41, 5.74) is 3.53. The van der Waals surface area contributed by atoms with E-state index in [-0.39, 0.29) is 6.10 Å². The molecule has 0 radical (unpaired) electrons. The van der Waals surface area contributed by atoms with Crippen LogP contribution in [0.25, 0.3) is 0 Å². The molecule has 1 aromatic rings. The van der Waals surface area contributed by atoms with E-state index < -0.39 is 0 Å². The first-order valence-corrected chi connectivity index (χ1v) is 8.11. The number of hydrogen-bond acceptors (Lipinski definition) is 2. The van der Waals surface area contributed by atoms with E-state index >= 15 is 0 Å². The zero-order valence-corrected chi connectivity index (χ0v) is 13.2. The van der Waals surface area contributed by atoms with Crippen molar-refractivity contribution in [2.75, 3.05) is 13.1 Å². The molecule has 112 valence electrons. The lowest BCUT2D eigenvalue weighted by molar-refractivity contribution is 0.0632. The van der Waals surface area contributed by atoms with Gasteiger partial charge in [0.1, 0.15) is 0 Å². The van der Waals surface area contributed by atoms with Crippen molar-refractivity contribution in [1.82, 2.24) is 4.90 Å². The summed E-state index contributed by atoms with van der Waals surface area (Å²) in [6.07, 6.45) is 6.07.